The van der Waals surface area contributed by atoms with Gasteiger partial charge in [0.25, 0.3) is 0 Å². The molecular formula is C16H24N2. The molecule has 1 aromatic rings. The van der Waals surface area contributed by atoms with E-state index in [1.165, 1.54) is 43.5 Å². The average molecular weight is 244 g/mol. The monoisotopic (exact) mass is 244 g/mol. The van der Waals surface area contributed by atoms with Gasteiger partial charge in [-0.05, 0) is 50.8 Å². The van der Waals surface area contributed by atoms with Crippen LogP contribution >= 0.6 is 0 Å². The van der Waals surface area contributed by atoms with Gasteiger partial charge in [0.05, 0.1) is 0 Å². The van der Waals surface area contributed by atoms with Crippen LogP contribution in [0.3, 0.4) is 0 Å². The predicted octanol–water partition coefficient (Wildman–Crippen LogP) is 2.88. The molecule has 2 fully saturated rings. The van der Waals surface area contributed by atoms with Gasteiger partial charge in [-0.15, -0.1) is 0 Å². The minimum atomic E-state index is 0.469. The van der Waals surface area contributed by atoms with Crippen molar-refractivity contribution in [2.45, 2.75) is 51.2 Å². The number of rotatable bonds is 3. The van der Waals surface area contributed by atoms with Crippen molar-refractivity contribution in [3.63, 3.8) is 0 Å². The van der Waals surface area contributed by atoms with Crippen LogP contribution in [0, 0.1) is 6.92 Å². The summed E-state index contributed by atoms with van der Waals surface area (Å²) in [6, 6.07) is 10.7. The van der Waals surface area contributed by atoms with Gasteiger partial charge in [0.15, 0.2) is 0 Å². The van der Waals surface area contributed by atoms with Gasteiger partial charge in [0.1, 0.15) is 0 Å². The van der Waals surface area contributed by atoms with Crippen LogP contribution in [0.15, 0.2) is 24.3 Å². The van der Waals surface area contributed by atoms with Crippen LogP contribution in [-0.4, -0.2) is 30.1 Å². The van der Waals surface area contributed by atoms with Crippen molar-refractivity contribution in [2.75, 3.05) is 13.1 Å². The molecule has 2 heterocycles. The van der Waals surface area contributed by atoms with Gasteiger partial charge in [-0.25, -0.2) is 0 Å². The standard InChI is InChI=1S/C16H24N2/c1-12-6-3-4-7-14(12)13(2)17-15-9-11-18-10-5-8-16(15)18/h3-4,6-7,13,15-17H,5,8-11H2,1-2H3. The zero-order valence-electron chi connectivity index (χ0n) is 11.5. The minimum Gasteiger partial charge on any atom is -0.306 e. The highest BCUT2D eigenvalue weighted by Crippen LogP contribution is 2.29. The maximum absolute atomic E-state index is 3.87. The van der Waals surface area contributed by atoms with E-state index in [1.54, 1.807) is 0 Å². The molecule has 2 aliphatic rings. The lowest BCUT2D eigenvalue weighted by Gasteiger charge is -2.26. The van der Waals surface area contributed by atoms with Gasteiger partial charge < -0.3 is 5.32 Å². The number of nitrogens with zero attached hydrogens (tertiary/aromatic N) is 1. The third kappa shape index (κ3) is 2.19. The van der Waals surface area contributed by atoms with Crippen LogP contribution in [0.4, 0.5) is 0 Å². The Morgan fingerprint density at radius 1 is 1.22 bits per heavy atom. The first-order valence-corrected chi connectivity index (χ1v) is 7.31. The molecule has 3 rings (SSSR count). The average Bonchev–Trinajstić information content (AvgIpc) is 2.94. The van der Waals surface area contributed by atoms with E-state index < -0.39 is 0 Å². The topological polar surface area (TPSA) is 15.3 Å². The molecule has 0 spiro atoms. The molecule has 2 aliphatic heterocycles. The number of aryl methyl sites for hydroxylation is 1. The van der Waals surface area contributed by atoms with E-state index >= 15 is 0 Å². The van der Waals surface area contributed by atoms with Crippen LogP contribution < -0.4 is 5.32 Å². The zero-order chi connectivity index (χ0) is 12.5. The van der Waals surface area contributed by atoms with Crippen LogP contribution in [0.5, 0.6) is 0 Å². The lowest BCUT2D eigenvalue weighted by atomic mass is 9.99. The highest BCUT2D eigenvalue weighted by atomic mass is 15.2. The third-order valence-corrected chi connectivity index (χ3v) is 4.73. The van der Waals surface area contributed by atoms with Crippen molar-refractivity contribution in [1.29, 1.82) is 0 Å². The number of hydrogen-bond acceptors (Lipinski definition) is 2. The summed E-state index contributed by atoms with van der Waals surface area (Å²) in [4.78, 5) is 2.67. The van der Waals surface area contributed by atoms with Crippen molar-refractivity contribution < 1.29 is 0 Å². The SMILES string of the molecule is Cc1ccccc1C(C)NC1CCN2CCCC12. The molecule has 0 amide bonds. The first kappa shape index (κ1) is 12.2. The van der Waals surface area contributed by atoms with Gasteiger partial charge in [-0.1, -0.05) is 24.3 Å². The second-order valence-electron chi connectivity index (χ2n) is 5.89. The molecule has 1 N–H and O–H groups in total. The van der Waals surface area contributed by atoms with Gasteiger partial charge in [0.2, 0.25) is 0 Å². The number of fused-ring (bicyclic) bond motifs is 1. The molecule has 0 aliphatic carbocycles. The Labute approximate surface area is 110 Å². The van der Waals surface area contributed by atoms with Gasteiger partial charge in [-0.2, -0.15) is 0 Å². The van der Waals surface area contributed by atoms with Gasteiger partial charge >= 0.3 is 0 Å². The summed E-state index contributed by atoms with van der Waals surface area (Å²) >= 11 is 0. The van der Waals surface area contributed by atoms with E-state index in [1.807, 2.05) is 0 Å². The summed E-state index contributed by atoms with van der Waals surface area (Å²) in [6.07, 6.45) is 4.10. The van der Waals surface area contributed by atoms with E-state index in [0.29, 0.717) is 12.1 Å². The lowest BCUT2D eigenvalue weighted by molar-refractivity contribution is 0.291. The number of hydrogen-bond donors (Lipinski definition) is 1. The fourth-order valence-electron chi connectivity index (χ4n) is 3.76. The summed E-state index contributed by atoms with van der Waals surface area (Å²) in [7, 11) is 0. The lowest BCUT2D eigenvalue weighted by Crippen LogP contribution is -2.40. The van der Waals surface area contributed by atoms with E-state index in [-0.39, 0.29) is 0 Å². The Balaban J connectivity index is 1.68. The van der Waals surface area contributed by atoms with Crippen molar-refractivity contribution in [3.8, 4) is 0 Å². The summed E-state index contributed by atoms with van der Waals surface area (Å²) in [5.41, 5.74) is 2.85. The smallest absolute Gasteiger partial charge is 0.0297 e. The summed E-state index contributed by atoms with van der Waals surface area (Å²) in [5, 5.41) is 3.87. The number of nitrogens with one attached hydrogen (secondary N) is 1. The molecule has 0 saturated carbocycles. The number of benzene rings is 1. The molecule has 98 valence electrons. The largest absolute Gasteiger partial charge is 0.306 e. The molecule has 2 nitrogen and oxygen atoms in total. The molecule has 1 aromatic carbocycles. The van der Waals surface area contributed by atoms with E-state index in [2.05, 4.69) is 48.3 Å². The normalized spacial score (nSPS) is 29.4. The summed E-state index contributed by atoms with van der Waals surface area (Å²) < 4.78 is 0. The highest BCUT2D eigenvalue weighted by Gasteiger charge is 2.37. The molecule has 18 heavy (non-hydrogen) atoms. The van der Waals surface area contributed by atoms with Crippen LogP contribution in [0.25, 0.3) is 0 Å². The summed E-state index contributed by atoms with van der Waals surface area (Å²) in [5.74, 6) is 0. The molecule has 0 radical (unpaired) electrons. The maximum Gasteiger partial charge on any atom is 0.0297 e. The van der Waals surface area contributed by atoms with Crippen LogP contribution in [-0.2, 0) is 0 Å². The second-order valence-corrected chi connectivity index (χ2v) is 5.89. The fraction of sp³-hybridized carbons (Fsp3) is 0.625. The molecular weight excluding hydrogens is 220 g/mol. The zero-order valence-corrected chi connectivity index (χ0v) is 11.5. The Morgan fingerprint density at radius 2 is 2.06 bits per heavy atom. The molecule has 2 saturated heterocycles. The molecule has 3 atom stereocenters. The van der Waals surface area contributed by atoms with Crippen molar-refractivity contribution in [1.82, 2.24) is 10.2 Å². The Morgan fingerprint density at radius 3 is 2.89 bits per heavy atom. The van der Waals surface area contributed by atoms with E-state index in [4.69, 9.17) is 0 Å². The van der Waals surface area contributed by atoms with Gasteiger partial charge in [-0.3, -0.25) is 4.90 Å². The van der Waals surface area contributed by atoms with Crippen LogP contribution in [0.1, 0.15) is 43.4 Å². The third-order valence-electron chi connectivity index (χ3n) is 4.73. The Bertz CT molecular complexity index is 415. The van der Waals surface area contributed by atoms with E-state index in [9.17, 15) is 0 Å². The highest BCUT2D eigenvalue weighted by molar-refractivity contribution is 5.28. The van der Waals surface area contributed by atoms with Crippen molar-refractivity contribution in [2.24, 2.45) is 0 Å². The predicted molar refractivity (Wildman–Crippen MR) is 75.7 cm³/mol. The van der Waals surface area contributed by atoms with Crippen LogP contribution in [0.2, 0.25) is 0 Å². The fourth-order valence-corrected chi connectivity index (χ4v) is 3.76. The Hall–Kier alpha value is -0.860. The molecule has 3 unspecified atom stereocenters. The summed E-state index contributed by atoms with van der Waals surface area (Å²) in [6.45, 7) is 7.13. The first-order valence-electron chi connectivity index (χ1n) is 7.31. The molecule has 0 aromatic heterocycles. The Kier molecular flexibility index (Phi) is 3.40. The maximum atomic E-state index is 3.87. The second kappa shape index (κ2) is 5.02. The quantitative estimate of drug-likeness (QED) is 0.879. The van der Waals surface area contributed by atoms with Crippen molar-refractivity contribution >= 4 is 0 Å². The van der Waals surface area contributed by atoms with Crippen molar-refractivity contribution in [3.05, 3.63) is 35.4 Å². The first-order chi connectivity index (χ1) is 8.75. The van der Waals surface area contributed by atoms with Gasteiger partial charge in [0, 0.05) is 24.7 Å². The van der Waals surface area contributed by atoms with E-state index in [0.717, 1.165) is 6.04 Å². The molecule has 2 heteroatoms. The minimum absolute atomic E-state index is 0.469. The molecule has 0 bridgehead atoms.